The number of rotatable bonds is 4. The minimum atomic E-state index is -0.259. The van der Waals surface area contributed by atoms with Gasteiger partial charge in [0.05, 0.1) is 4.88 Å². The van der Waals surface area contributed by atoms with Crippen LogP contribution >= 0.6 is 11.3 Å². The van der Waals surface area contributed by atoms with Gasteiger partial charge in [-0.1, -0.05) is 12.1 Å². The van der Waals surface area contributed by atoms with E-state index in [1.165, 1.54) is 23.5 Å². The lowest BCUT2D eigenvalue weighted by Crippen LogP contribution is -2.39. The van der Waals surface area contributed by atoms with Crippen LogP contribution in [0, 0.1) is 11.7 Å². The maximum atomic E-state index is 13.0. The zero-order valence-electron chi connectivity index (χ0n) is 13.7. The Hall–Kier alpha value is -1.72. The van der Waals surface area contributed by atoms with Crippen molar-refractivity contribution in [2.24, 2.45) is 5.92 Å². The van der Waals surface area contributed by atoms with Crippen LogP contribution in [0.3, 0.4) is 0 Å². The van der Waals surface area contributed by atoms with Crippen LogP contribution in [0.1, 0.15) is 35.4 Å². The Labute approximate surface area is 145 Å². The molecule has 1 aliphatic rings. The van der Waals surface area contributed by atoms with Gasteiger partial charge in [0.1, 0.15) is 5.82 Å². The van der Waals surface area contributed by atoms with Gasteiger partial charge in [-0.2, -0.15) is 0 Å². The highest BCUT2D eigenvalue weighted by atomic mass is 32.1. The second-order valence-electron chi connectivity index (χ2n) is 6.44. The first kappa shape index (κ1) is 17.1. The minimum Gasteiger partial charge on any atom is -0.396 e. The molecule has 0 spiro atoms. The maximum absolute atomic E-state index is 13.0. The quantitative estimate of drug-likeness (QED) is 0.901. The second kappa shape index (κ2) is 7.45. The first-order chi connectivity index (χ1) is 11.6. The van der Waals surface area contributed by atoms with Gasteiger partial charge in [-0.25, -0.2) is 4.39 Å². The molecule has 24 heavy (non-hydrogen) atoms. The number of halogens is 1. The Morgan fingerprint density at radius 2 is 1.83 bits per heavy atom. The first-order valence-corrected chi connectivity index (χ1v) is 9.14. The second-order valence-corrected chi connectivity index (χ2v) is 7.53. The van der Waals surface area contributed by atoms with Gasteiger partial charge in [0.2, 0.25) is 0 Å². The molecule has 0 aliphatic heterocycles. The summed E-state index contributed by atoms with van der Waals surface area (Å²) in [5.74, 6) is 0.169. The summed E-state index contributed by atoms with van der Waals surface area (Å²) in [6.07, 6.45) is 3.85. The molecular weight excluding hydrogens is 325 g/mol. The van der Waals surface area contributed by atoms with Crippen LogP contribution in [0.2, 0.25) is 0 Å². The fourth-order valence-corrected chi connectivity index (χ4v) is 4.27. The number of benzene rings is 1. The van der Waals surface area contributed by atoms with E-state index in [9.17, 15) is 14.3 Å². The molecule has 0 bridgehead atoms. The predicted molar refractivity (Wildman–Crippen MR) is 94.6 cm³/mol. The number of hydrogen-bond acceptors (Lipinski definition) is 3. The van der Waals surface area contributed by atoms with Crippen LogP contribution in [-0.4, -0.2) is 35.6 Å². The van der Waals surface area contributed by atoms with Crippen LogP contribution in [0.4, 0.5) is 4.39 Å². The molecule has 0 unspecified atom stereocenters. The van der Waals surface area contributed by atoms with Gasteiger partial charge in [0.25, 0.3) is 5.91 Å². The largest absolute Gasteiger partial charge is 0.396 e. The molecule has 0 atom stereocenters. The molecule has 1 amide bonds. The van der Waals surface area contributed by atoms with Crippen LogP contribution in [0.5, 0.6) is 0 Å². The van der Waals surface area contributed by atoms with Gasteiger partial charge in [0, 0.05) is 24.6 Å². The average molecular weight is 347 g/mol. The summed E-state index contributed by atoms with van der Waals surface area (Å²) in [5.41, 5.74) is 0.923. The van der Waals surface area contributed by atoms with Gasteiger partial charge in [-0.05, 0) is 61.4 Å². The van der Waals surface area contributed by atoms with Crippen molar-refractivity contribution < 1.29 is 14.3 Å². The summed E-state index contributed by atoms with van der Waals surface area (Å²) >= 11 is 1.44. The molecule has 128 valence electrons. The van der Waals surface area contributed by atoms with Crippen LogP contribution < -0.4 is 0 Å². The van der Waals surface area contributed by atoms with E-state index in [1.54, 1.807) is 12.1 Å². The minimum absolute atomic E-state index is 0.0424. The fraction of sp³-hybridized carbons (Fsp3) is 0.421. The number of amides is 1. The Morgan fingerprint density at radius 1 is 1.17 bits per heavy atom. The Morgan fingerprint density at radius 3 is 2.46 bits per heavy atom. The maximum Gasteiger partial charge on any atom is 0.263 e. The monoisotopic (exact) mass is 347 g/mol. The first-order valence-electron chi connectivity index (χ1n) is 8.32. The normalized spacial score (nSPS) is 20.8. The van der Waals surface area contributed by atoms with E-state index < -0.39 is 0 Å². The van der Waals surface area contributed by atoms with Crippen molar-refractivity contribution in [2.45, 2.75) is 31.7 Å². The molecular formula is C19H22FNO2S. The SMILES string of the molecule is CN(C(=O)c1ccc(-c2ccc(F)cc2)s1)C1CCC(CO)CC1. The van der Waals surface area contributed by atoms with Crippen molar-refractivity contribution in [2.75, 3.05) is 13.7 Å². The highest BCUT2D eigenvalue weighted by Crippen LogP contribution is 2.31. The van der Waals surface area contributed by atoms with E-state index in [4.69, 9.17) is 0 Å². The zero-order valence-corrected chi connectivity index (χ0v) is 14.6. The summed E-state index contributed by atoms with van der Waals surface area (Å²) in [7, 11) is 1.86. The van der Waals surface area contributed by atoms with Gasteiger partial charge in [-0.15, -0.1) is 11.3 Å². The molecule has 1 aromatic heterocycles. The molecule has 1 aliphatic carbocycles. The number of aliphatic hydroxyl groups is 1. The van der Waals surface area contributed by atoms with Crippen LogP contribution in [-0.2, 0) is 0 Å². The van der Waals surface area contributed by atoms with Gasteiger partial charge >= 0.3 is 0 Å². The smallest absolute Gasteiger partial charge is 0.263 e. The molecule has 1 aromatic carbocycles. The summed E-state index contributed by atoms with van der Waals surface area (Å²) in [6, 6.07) is 10.3. The van der Waals surface area contributed by atoms with Crippen molar-refractivity contribution in [3.05, 3.63) is 47.1 Å². The van der Waals surface area contributed by atoms with E-state index in [0.717, 1.165) is 36.1 Å². The molecule has 1 fully saturated rings. The average Bonchev–Trinajstić information content (AvgIpc) is 3.11. The molecule has 0 saturated heterocycles. The van der Waals surface area contributed by atoms with Crippen LogP contribution in [0.25, 0.3) is 10.4 Å². The summed E-state index contributed by atoms with van der Waals surface area (Å²) in [5, 5.41) is 9.23. The van der Waals surface area contributed by atoms with Crippen molar-refractivity contribution in [3.8, 4) is 10.4 Å². The molecule has 1 N–H and O–H groups in total. The molecule has 5 heteroatoms. The fourth-order valence-electron chi connectivity index (χ4n) is 3.28. The van der Waals surface area contributed by atoms with Crippen molar-refractivity contribution >= 4 is 17.2 Å². The Balaban J connectivity index is 1.68. The lowest BCUT2D eigenvalue weighted by molar-refractivity contribution is 0.0657. The summed E-state index contributed by atoms with van der Waals surface area (Å²) in [4.78, 5) is 16.2. The number of thiophene rings is 1. The number of nitrogens with zero attached hydrogens (tertiary/aromatic N) is 1. The van der Waals surface area contributed by atoms with Crippen molar-refractivity contribution in [1.29, 1.82) is 0 Å². The Bertz CT molecular complexity index is 690. The third-order valence-corrected chi connectivity index (χ3v) is 6.01. The van der Waals surface area contributed by atoms with Crippen molar-refractivity contribution in [1.82, 2.24) is 4.90 Å². The zero-order chi connectivity index (χ0) is 17.1. The summed E-state index contributed by atoms with van der Waals surface area (Å²) < 4.78 is 13.0. The third kappa shape index (κ3) is 3.68. The van der Waals surface area contributed by atoms with Gasteiger partial charge in [-0.3, -0.25) is 4.79 Å². The standard InChI is InChI=1S/C19H22FNO2S/c1-21(16-8-2-13(12-22)3-9-16)19(23)18-11-10-17(24-18)14-4-6-15(20)7-5-14/h4-7,10-11,13,16,22H,2-3,8-9,12H2,1H3. The highest BCUT2D eigenvalue weighted by molar-refractivity contribution is 7.17. The Kier molecular flexibility index (Phi) is 5.31. The third-order valence-electron chi connectivity index (χ3n) is 4.89. The lowest BCUT2D eigenvalue weighted by atomic mass is 9.86. The van der Waals surface area contributed by atoms with Crippen LogP contribution in [0.15, 0.2) is 36.4 Å². The van der Waals surface area contributed by atoms with E-state index in [1.807, 2.05) is 24.1 Å². The van der Waals surface area contributed by atoms with Crippen molar-refractivity contribution in [3.63, 3.8) is 0 Å². The predicted octanol–water partition coefficient (Wildman–Crippen LogP) is 4.18. The number of hydrogen-bond donors (Lipinski definition) is 1. The molecule has 2 aromatic rings. The molecule has 1 heterocycles. The summed E-state index contributed by atoms with van der Waals surface area (Å²) in [6.45, 7) is 0.246. The lowest BCUT2D eigenvalue weighted by Gasteiger charge is -2.33. The van der Waals surface area contributed by atoms with Gasteiger partial charge < -0.3 is 10.0 Å². The molecule has 3 rings (SSSR count). The number of carbonyl (C=O) groups excluding carboxylic acids is 1. The molecule has 1 saturated carbocycles. The van der Waals surface area contributed by atoms with E-state index in [0.29, 0.717) is 10.8 Å². The number of carbonyl (C=O) groups is 1. The van der Waals surface area contributed by atoms with E-state index in [2.05, 4.69) is 0 Å². The highest BCUT2D eigenvalue weighted by Gasteiger charge is 2.27. The van der Waals surface area contributed by atoms with Gasteiger partial charge in [0.15, 0.2) is 0 Å². The molecule has 0 radical (unpaired) electrons. The molecule has 3 nitrogen and oxygen atoms in total. The number of aliphatic hydroxyl groups excluding tert-OH is 1. The van der Waals surface area contributed by atoms with E-state index in [-0.39, 0.29) is 24.4 Å². The van der Waals surface area contributed by atoms with E-state index >= 15 is 0 Å². The topological polar surface area (TPSA) is 40.5 Å².